The van der Waals surface area contributed by atoms with E-state index in [-0.39, 0.29) is 0 Å². The van der Waals surface area contributed by atoms with Crippen molar-refractivity contribution >= 4 is 5.71 Å². The highest BCUT2D eigenvalue weighted by Gasteiger charge is 2.17. The van der Waals surface area contributed by atoms with Gasteiger partial charge in [0.25, 0.3) is 0 Å². The molecule has 86 valence electrons. The average Bonchev–Trinajstić information content (AvgIpc) is 3.00. The zero-order valence-corrected chi connectivity index (χ0v) is 9.54. The minimum absolute atomic E-state index is 0.866. The molecule has 0 fully saturated rings. The van der Waals surface area contributed by atoms with Crippen LogP contribution in [-0.2, 0) is 6.54 Å². The van der Waals surface area contributed by atoms with Gasteiger partial charge in [-0.25, -0.2) is 0 Å². The summed E-state index contributed by atoms with van der Waals surface area (Å²) in [7, 11) is 0. The van der Waals surface area contributed by atoms with Gasteiger partial charge in [0.2, 0.25) is 0 Å². The van der Waals surface area contributed by atoms with Crippen LogP contribution in [0.25, 0.3) is 0 Å². The van der Waals surface area contributed by atoms with Crippen LogP contribution in [0.3, 0.4) is 0 Å². The van der Waals surface area contributed by atoms with Crippen molar-refractivity contribution in [1.29, 1.82) is 0 Å². The van der Waals surface area contributed by atoms with Crippen molar-refractivity contribution in [2.24, 2.45) is 5.10 Å². The summed E-state index contributed by atoms with van der Waals surface area (Å²) < 4.78 is 5.36. The second-order valence-corrected chi connectivity index (χ2v) is 4.15. The zero-order chi connectivity index (χ0) is 11.5. The lowest BCUT2D eigenvalue weighted by molar-refractivity contribution is 0.310. The third-order valence-electron chi connectivity index (χ3n) is 2.88. The van der Waals surface area contributed by atoms with Crippen molar-refractivity contribution in [2.45, 2.75) is 13.0 Å². The smallest absolute Gasteiger partial charge is 0.149 e. The Hall–Kier alpha value is -2.03. The molecule has 0 N–H and O–H groups in total. The molecule has 2 heterocycles. The van der Waals surface area contributed by atoms with E-state index in [1.165, 1.54) is 5.56 Å². The molecule has 0 saturated carbocycles. The van der Waals surface area contributed by atoms with Gasteiger partial charge in [0.15, 0.2) is 0 Å². The van der Waals surface area contributed by atoms with Gasteiger partial charge in [0.1, 0.15) is 11.5 Å². The maximum Gasteiger partial charge on any atom is 0.149 e. The fourth-order valence-electron chi connectivity index (χ4n) is 2.03. The largest absolute Gasteiger partial charge is 0.463 e. The van der Waals surface area contributed by atoms with Crippen LogP contribution in [0, 0.1) is 0 Å². The van der Waals surface area contributed by atoms with Crippen LogP contribution in [-0.4, -0.2) is 17.3 Å². The molecule has 1 aromatic heterocycles. The maximum atomic E-state index is 5.36. The van der Waals surface area contributed by atoms with Crippen LogP contribution in [0.1, 0.15) is 17.7 Å². The van der Waals surface area contributed by atoms with E-state index in [2.05, 4.69) is 34.4 Å². The Balaban J connectivity index is 1.71. The van der Waals surface area contributed by atoms with E-state index < -0.39 is 0 Å². The molecule has 0 amide bonds. The predicted octanol–water partition coefficient (Wildman–Crippen LogP) is 2.89. The van der Waals surface area contributed by atoms with Crippen LogP contribution in [0.5, 0.6) is 0 Å². The second-order valence-electron chi connectivity index (χ2n) is 4.15. The van der Waals surface area contributed by atoms with Crippen LogP contribution in [0.4, 0.5) is 0 Å². The van der Waals surface area contributed by atoms with E-state index in [9.17, 15) is 0 Å². The average molecular weight is 226 g/mol. The van der Waals surface area contributed by atoms with E-state index in [0.717, 1.165) is 31.0 Å². The third kappa shape index (κ3) is 2.23. The topological polar surface area (TPSA) is 28.7 Å². The monoisotopic (exact) mass is 226 g/mol. The Morgan fingerprint density at radius 2 is 2.00 bits per heavy atom. The molecule has 2 aromatic rings. The Bertz CT molecular complexity index is 502. The first kappa shape index (κ1) is 10.1. The van der Waals surface area contributed by atoms with Gasteiger partial charge in [0.05, 0.1) is 12.8 Å². The summed E-state index contributed by atoms with van der Waals surface area (Å²) in [4.78, 5) is 0. The first-order valence-electron chi connectivity index (χ1n) is 5.82. The van der Waals surface area contributed by atoms with Gasteiger partial charge >= 0.3 is 0 Å². The highest BCUT2D eigenvalue weighted by atomic mass is 16.3. The summed E-state index contributed by atoms with van der Waals surface area (Å²) >= 11 is 0. The van der Waals surface area contributed by atoms with Crippen LogP contribution < -0.4 is 0 Å². The highest BCUT2D eigenvalue weighted by molar-refractivity contribution is 5.98. The van der Waals surface area contributed by atoms with E-state index in [0.29, 0.717) is 0 Å². The SMILES string of the molecule is c1ccc(CN2CCC(c3ccco3)=N2)cc1. The van der Waals surface area contributed by atoms with Gasteiger partial charge in [-0.05, 0) is 17.7 Å². The fourth-order valence-corrected chi connectivity index (χ4v) is 2.03. The molecule has 1 aromatic carbocycles. The van der Waals surface area contributed by atoms with Crippen molar-refractivity contribution in [2.75, 3.05) is 6.54 Å². The predicted molar refractivity (Wildman–Crippen MR) is 66.7 cm³/mol. The summed E-state index contributed by atoms with van der Waals surface area (Å²) in [5.41, 5.74) is 2.34. The number of hydrogen-bond acceptors (Lipinski definition) is 3. The van der Waals surface area contributed by atoms with Gasteiger partial charge in [-0.2, -0.15) is 5.10 Å². The summed E-state index contributed by atoms with van der Waals surface area (Å²) in [5, 5.41) is 6.67. The minimum Gasteiger partial charge on any atom is -0.463 e. The number of hydrazone groups is 1. The third-order valence-corrected chi connectivity index (χ3v) is 2.88. The first-order chi connectivity index (χ1) is 8.42. The molecule has 3 nitrogen and oxygen atoms in total. The van der Waals surface area contributed by atoms with Crippen LogP contribution in [0.2, 0.25) is 0 Å². The van der Waals surface area contributed by atoms with E-state index in [1.54, 1.807) is 6.26 Å². The molecular weight excluding hydrogens is 212 g/mol. The molecule has 17 heavy (non-hydrogen) atoms. The standard InChI is InChI=1S/C14H14N2O/c1-2-5-12(6-3-1)11-16-9-8-13(15-16)14-7-4-10-17-14/h1-7,10H,8-9,11H2. The molecule has 1 aliphatic rings. The summed E-state index contributed by atoms with van der Waals surface area (Å²) in [6.07, 6.45) is 2.65. The summed E-state index contributed by atoms with van der Waals surface area (Å²) in [6, 6.07) is 14.3. The zero-order valence-electron chi connectivity index (χ0n) is 9.54. The minimum atomic E-state index is 0.866. The van der Waals surface area contributed by atoms with Crippen LogP contribution in [0.15, 0.2) is 58.2 Å². The molecule has 0 atom stereocenters. The van der Waals surface area contributed by atoms with Crippen molar-refractivity contribution in [1.82, 2.24) is 5.01 Å². The van der Waals surface area contributed by atoms with Crippen LogP contribution >= 0.6 is 0 Å². The quantitative estimate of drug-likeness (QED) is 0.805. The Labute approximate surface area is 100 Å². The summed E-state index contributed by atoms with van der Waals surface area (Å²) in [6.45, 7) is 1.83. The molecule has 3 rings (SSSR count). The lowest BCUT2D eigenvalue weighted by Gasteiger charge is -2.12. The Morgan fingerprint density at radius 1 is 1.12 bits per heavy atom. The highest BCUT2D eigenvalue weighted by Crippen LogP contribution is 2.16. The molecule has 0 bridgehead atoms. The first-order valence-corrected chi connectivity index (χ1v) is 5.82. The molecule has 0 spiro atoms. The molecule has 1 aliphatic heterocycles. The molecule has 3 heteroatoms. The van der Waals surface area contributed by atoms with Gasteiger partial charge < -0.3 is 4.42 Å². The molecule has 0 radical (unpaired) electrons. The number of rotatable bonds is 3. The molecule has 0 aliphatic carbocycles. The van der Waals surface area contributed by atoms with Crippen molar-refractivity contribution < 1.29 is 4.42 Å². The Kier molecular flexibility index (Phi) is 2.66. The lowest BCUT2D eigenvalue weighted by atomic mass is 10.2. The van der Waals surface area contributed by atoms with Crippen molar-refractivity contribution in [3.63, 3.8) is 0 Å². The van der Waals surface area contributed by atoms with Gasteiger partial charge in [-0.3, -0.25) is 5.01 Å². The number of furan rings is 1. The van der Waals surface area contributed by atoms with Gasteiger partial charge in [-0.15, -0.1) is 0 Å². The fraction of sp³-hybridized carbons (Fsp3) is 0.214. The second kappa shape index (κ2) is 4.45. The molecule has 0 unspecified atom stereocenters. The van der Waals surface area contributed by atoms with Crippen molar-refractivity contribution in [3.05, 3.63) is 60.1 Å². The number of benzene rings is 1. The normalized spacial score (nSPS) is 15.1. The molecular formula is C14H14N2O. The summed E-state index contributed by atoms with van der Waals surface area (Å²) in [5.74, 6) is 0.889. The van der Waals surface area contributed by atoms with Gasteiger partial charge in [0, 0.05) is 13.0 Å². The maximum absolute atomic E-state index is 5.36. The lowest BCUT2D eigenvalue weighted by Crippen LogP contribution is -2.12. The van der Waals surface area contributed by atoms with E-state index in [4.69, 9.17) is 4.42 Å². The Morgan fingerprint density at radius 3 is 2.76 bits per heavy atom. The van der Waals surface area contributed by atoms with Crippen molar-refractivity contribution in [3.8, 4) is 0 Å². The number of nitrogens with zero attached hydrogens (tertiary/aromatic N) is 2. The van der Waals surface area contributed by atoms with E-state index in [1.807, 2.05) is 18.2 Å². The number of hydrogen-bond donors (Lipinski definition) is 0. The van der Waals surface area contributed by atoms with E-state index >= 15 is 0 Å². The van der Waals surface area contributed by atoms with Gasteiger partial charge in [-0.1, -0.05) is 30.3 Å². The molecule has 0 saturated heterocycles.